The van der Waals surface area contributed by atoms with Crippen molar-refractivity contribution in [3.8, 4) is 5.75 Å². The van der Waals surface area contributed by atoms with Gasteiger partial charge in [0.25, 0.3) is 0 Å². The molecule has 0 aliphatic carbocycles. The van der Waals surface area contributed by atoms with Crippen molar-refractivity contribution in [1.82, 2.24) is 4.90 Å². The normalized spacial score (nSPS) is 25.9. The van der Waals surface area contributed by atoms with Crippen molar-refractivity contribution in [3.63, 3.8) is 0 Å². The SMILES string of the molecule is COc1ccc(C2OC(CO)CN2C)cc1. The van der Waals surface area contributed by atoms with Crippen molar-refractivity contribution in [1.29, 1.82) is 0 Å². The molecule has 4 nitrogen and oxygen atoms in total. The van der Waals surface area contributed by atoms with Crippen LogP contribution in [0.5, 0.6) is 5.75 Å². The topological polar surface area (TPSA) is 41.9 Å². The lowest BCUT2D eigenvalue weighted by Gasteiger charge is -2.18. The van der Waals surface area contributed by atoms with Crippen LogP contribution in [-0.2, 0) is 4.74 Å². The fourth-order valence-corrected chi connectivity index (χ4v) is 1.95. The summed E-state index contributed by atoms with van der Waals surface area (Å²) in [4.78, 5) is 2.09. The molecule has 1 aliphatic rings. The highest BCUT2D eigenvalue weighted by Gasteiger charge is 2.30. The number of benzene rings is 1. The van der Waals surface area contributed by atoms with Crippen LogP contribution in [0.1, 0.15) is 11.8 Å². The van der Waals surface area contributed by atoms with Crippen LogP contribution in [0.4, 0.5) is 0 Å². The molecule has 4 heteroatoms. The summed E-state index contributed by atoms with van der Waals surface area (Å²) in [5, 5.41) is 9.06. The van der Waals surface area contributed by atoms with E-state index in [1.54, 1.807) is 7.11 Å². The van der Waals surface area contributed by atoms with Crippen LogP contribution in [0.25, 0.3) is 0 Å². The van der Waals surface area contributed by atoms with Crippen LogP contribution >= 0.6 is 0 Å². The van der Waals surface area contributed by atoms with E-state index in [0.29, 0.717) is 0 Å². The van der Waals surface area contributed by atoms with E-state index in [9.17, 15) is 0 Å². The highest BCUT2D eigenvalue weighted by atomic mass is 16.5. The number of hydrogen-bond donors (Lipinski definition) is 1. The second kappa shape index (κ2) is 4.82. The average molecular weight is 223 g/mol. The van der Waals surface area contributed by atoms with Crippen LogP contribution in [-0.4, -0.2) is 43.4 Å². The summed E-state index contributed by atoms with van der Waals surface area (Å²) in [6.45, 7) is 0.824. The molecule has 0 saturated carbocycles. The molecular formula is C12H17NO3. The number of ether oxygens (including phenoxy) is 2. The molecule has 1 saturated heterocycles. The van der Waals surface area contributed by atoms with E-state index in [4.69, 9.17) is 14.6 Å². The van der Waals surface area contributed by atoms with Gasteiger partial charge in [-0.05, 0) is 24.7 Å². The van der Waals surface area contributed by atoms with Crippen molar-refractivity contribution in [3.05, 3.63) is 29.8 Å². The second-order valence-electron chi connectivity index (χ2n) is 4.01. The van der Waals surface area contributed by atoms with Gasteiger partial charge < -0.3 is 14.6 Å². The molecule has 1 heterocycles. The minimum Gasteiger partial charge on any atom is -0.497 e. The number of rotatable bonds is 3. The molecule has 0 radical (unpaired) electrons. The van der Waals surface area contributed by atoms with E-state index in [0.717, 1.165) is 17.9 Å². The summed E-state index contributed by atoms with van der Waals surface area (Å²) in [6, 6.07) is 7.80. The van der Waals surface area contributed by atoms with Crippen LogP contribution in [0.2, 0.25) is 0 Å². The lowest BCUT2D eigenvalue weighted by atomic mass is 10.2. The van der Waals surface area contributed by atoms with E-state index in [-0.39, 0.29) is 18.9 Å². The first-order chi connectivity index (χ1) is 7.74. The Morgan fingerprint density at radius 2 is 2.12 bits per heavy atom. The van der Waals surface area contributed by atoms with E-state index in [1.165, 1.54) is 0 Å². The van der Waals surface area contributed by atoms with Gasteiger partial charge in [-0.3, -0.25) is 4.90 Å². The van der Waals surface area contributed by atoms with Gasteiger partial charge in [-0.15, -0.1) is 0 Å². The average Bonchev–Trinajstić information content (AvgIpc) is 2.71. The number of nitrogens with zero attached hydrogens (tertiary/aromatic N) is 1. The lowest BCUT2D eigenvalue weighted by Crippen LogP contribution is -2.20. The zero-order valence-electron chi connectivity index (χ0n) is 9.59. The van der Waals surface area contributed by atoms with Gasteiger partial charge in [-0.2, -0.15) is 0 Å². The van der Waals surface area contributed by atoms with E-state index in [1.807, 2.05) is 31.3 Å². The van der Waals surface area contributed by atoms with Gasteiger partial charge in [0.05, 0.1) is 19.8 Å². The molecule has 0 aromatic heterocycles. The Bertz CT molecular complexity index is 339. The summed E-state index contributed by atoms with van der Waals surface area (Å²) in [6.07, 6.45) is -0.153. The number of methoxy groups -OCH3 is 1. The third-order valence-corrected chi connectivity index (χ3v) is 2.82. The molecule has 1 aromatic rings. The Labute approximate surface area is 95.4 Å². The molecule has 88 valence electrons. The molecule has 1 aromatic carbocycles. The monoisotopic (exact) mass is 223 g/mol. The number of likely N-dealkylation sites (N-methyl/N-ethyl adjacent to an activating group) is 1. The third-order valence-electron chi connectivity index (χ3n) is 2.82. The summed E-state index contributed by atoms with van der Waals surface area (Å²) in [5.41, 5.74) is 1.08. The Morgan fingerprint density at radius 1 is 1.44 bits per heavy atom. The smallest absolute Gasteiger partial charge is 0.137 e. The van der Waals surface area contributed by atoms with Gasteiger partial charge in [-0.1, -0.05) is 12.1 Å². The molecule has 0 amide bonds. The molecule has 0 bridgehead atoms. The second-order valence-corrected chi connectivity index (χ2v) is 4.01. The first kappa shape index (κ1) is 11.4. The molecular weight excluding hydrogens is 206 g/mol. The Hall–Kier alpha value is -1.10. The standard InChI is InChI=1S/C12H17NO3/c1-13-7-11(8-14)16-12(13)9-3-5-10(15-2)6-4-9/h3-6,11-12,14H,7-8H2,1-2H3. The van der Waals surface area contributed by atoms with Crippen LogP contribution < -0.4 is 4.74 Å². The van der Waals surface area contributed by atoms with Gasteiger partial charge in [0.2, 0.25) is 0 Å². The summed E-state index contributed by atoms with van der Waals surface area (Å²) in [7, 11) is 3.64. The van der Waals surface area contributed by atoms with Gasteiger partial charge in [0.1, 0.15) is 12.0 Å². The number of hydrogen-bond acceptors (Lipinski definition) is 4. The van der Waals surface area contributed by atoms with Gasteiger partial charge >= 0.3 is 0 Å². The predicted molar refractivity (Wildman–Crippen MR) is 60.3 cm³/mol. The molecule has 0 spiro atoms. The Balaban J connectivity index is 2.11. The fraction of sp³-hybridized carbons (Fsp3) is 0.500. The number of aliphatic hydroxyl groups is 1. The van der Waals surface area contributed by atoms with Gasteiger partial charge in [-0.25, -0.2) is 0 Å². The largest absolute Gasteiger partial charge is 0.497 e. The highest BCUT2D eigenvalue weighted by molar-refractivity contribution is 5.28. The molecule has 1 N–H and O–H groups in total. The van der Waals surface area contributed by atoms with Crippen LogP contribution in [0.3, 0.4) is 0 Å². The minimum atomic E-state index is -0.0860. The maximum Gasteiger partial charge on any atom is 0.137 e. The lowest BCUT2D eigenvalue weighted by molar-refractivity contribution is -0.0139. The van der Waals surface area contributed by atoms with E-state index >= 15 is 0 Å². The Morgan fingerprint density at radius 3 is 2.62 bits per heavy atom. The predicted octanol–water partition coefficient (Wildman–Crippen LogP) is 1.02. The van der Waals surface area contributed by atoms with Gasteiger partial charge in [0.15, 0.2) is 0 Å². The quantitative estimate of drug-likeness (QED) is 0.830. The zero-order chi connectivity index (χ0) is 11.5. The summed E-state index contributed by atoms with van der Waals surface area (Å²) < 4.78 is 10.8. The minimum absolute atomic E-state index is 0.0665. The molecule has 1 aliphatic heterocycles. The van der Waals surface area contributed by atoms with Crippen molar-refractivity contribution in [2.45, 2.75) is 12.3 Å². The highest BCUT2D eigenvalue weighted by Crippen LogP contribution is 2.29. The van der Waals surface area contributed by atoms with Crippen LogP contribution in [0.15, 0.2) is 24.3 Å². The van der Waals surface area contributed by atoms with Crippen molar-refractivity contribution in [2.75, 3.05) is 27.3 Å². The zero-order valence-corrected chi connectivity index (χ0v) is 9.59. The van der Waals surface area contributed by atoms with Crippen molar-refractivity contribution < 1.29 is 14.6 Å². The van der Waals surface area contributed by atoms with Crippen molar-refractivity contribution in [2.24, 2.45) is 0 Å². The third kappa shape index (κ3) is 2.19. The molecule has 2 rings (SSSR count). The van der Waals surface area contributed by atoms with Crippen LogP contribution in [0, 0.1) is 0 Å². The van der Waals surface area contributed by atoms with Crippen molar-refractivity contribution >= 4 is 0 Å². The van der Waals surface area contributed by atoms with Gasteiger partial charge in [0, 0.05) is 6.54 Å². The molecule has 2 unspecified atom stereocenters. The molecule has 1 fully saturated rings. The Kier molecular flexibility index (Phi) is 3.43. The molecule has 2 atom stereocenters. The molecule has 16 heavy (non-hydrogen) atoms. The maximum absolute atomic E-state index is 9.06. The fourth-order valence-electron chi connectivity index (χ4n) is 1.95. The van der Waals surface area contributed by atoms with E-state index < -0.39 is 0 Å². The maximum atomic E-state index is 9.06. The summed E-state index contributed by atoms with van der Waals surface area (Å²) in [5.74, 6) is 0.836. The summed E-state index contributed by atoms with van der Waals surface area (Å²) >= 11 is 0. The first-order valence-electron chi connectivity index (χ1n) is 5.35. The van der Waals surface area contributed by atoms with E-state index in [2.05, 4.69) is 4.90 Å². The number of aliphatic hydroxyl groups excluding tert-OH is 1. The first-order valence-corrected chi connectivity index (χ1v) is 5.35.